The van der Waals surface area contributed by atoms with E-state index in [4.69, 9.17) is 11.6 Å². The predicted octanol–water partition coefficient (Wildman–Crippen LogP) is 4.78. The third-order valence-electron chi connectivity index (χ3n) is 9.85. The highest BCUT2D eigenvalue weighted by Crippen LogP contribution is 2.34. The molecule has 12 heteroatoms. The van der Waals surface area contributed by atoms with Gasteiger partial charge in [-0.15, -0.1) is 0 Å². The Kier molecular flexibility index (Phi) is 9.99. The van der Waals surface area contributed by atoms with Gasteiger partial charge in [-0.3, -0.25) is 18.7 Å². The quantitative estimate of drug-likeness (QED) is 0.359. The van der Waals surface area contributed by atoms with Crippen molar-refractivity contribution in [1.29, 1.82) is 0 Å². The number of halogens is 2. The number of aliphatic hydroxyl groups is 1. The summed E-state index contributed by atoms with van der Waals surface area (Å²) in [6.07, 6.45) is 7.61. The van der Waals surface area contributed by atoms with E-state index in [-0.39, 0.29) is 40.8 Å². The number of hydrogen-bond donors (Lipinski definition) is 2. The van der Waals surface area contributed by atoms with Crippen LogP contribution in [0.5, 0.6) is 0 Å². The second kappa shape index (κ2) is 13.9. The van der Waals surface area contributed by atoms with Crippen LogP contribution in [-0.4, -0.2) is 67.2 Å². The Balaban J connectivity index is 1.01. The summed E-state index contributed by atoms with van der Waals surface area (Å²) >= 11 is 7.84. The largest absolute Gasteiger partial charge is 0.385 e. The Morgan fingerprint density at radius 1 is 1.02 bits per heavy atom. The molecule has 3 aromatic rings. The van der Waals surface area contributed by atoms with Gasteiger partial charge in [-0.2, -0.15) is 11.8 Å². The van der Waals surface area contributed by atoms with Crippen LogP contribution in [0, 0.1) is 5.82 Å². The predicted molar refractivity (Wildman–Crippen MR) is 176 cm³/mol. The lowest BCUT2D eigenvalue weighted by atomic mass is 9.84. The third kappa shape index (κ3) is 7.16. The molecule has 2 aromatic heterocycles. The van der Waals surface area contributed by atoms with Gasteiger partial charge in [-0.05, 0) is 99.6 Å². The number of pyridine rings is 1. The fraction of sp³-hybridized carbons (Fsp3) is 0.576. The molecule has 3 aliphatic rings. The zero-order valence-corrected chi connectivity index (χ0v) is 27.0. The molecule has 9 nitrogen and oxygen atoms in total. The second-order valence-electron chi connectivity index (χ2n) is 12.8. The molecule has 0 bridgehead atoms. The van der Waals surface area contributed by atoms with E-state index in [1.165, 1.54) is 10.6 Å². The molecule has 1 aliphatic carbocycles. The highest BCUT2D eigenvalue weighted by molar-refractivity contribution is 7.99. The maximum absolute atomic E-state index is 14.2. The van der Waals surface area contributed by atoms with Gasteiger partial charge in [0, 0.05) is 42.7 Å². The summed E-state index contributed by atoms with van der Waals surface area (Å²) in [5, 5.41) is 15.1. The first-order valence-corrected chi connectivity index (χ1v) is 17.7. The Hall–Kier alpha value is -2.73. The summed E-state index contributed by atoms with van der Waals surface area (Å²) < 4.78 is 17.1. The Bertz CT molecular complexity index is 1630. The van der Waals surface area contributed by atoms with E-state index in [1.807, 2.05) is 36.0 Å². The lowest BCUT2D eigenvalue weighted by Crippen LogP contribution is -2.46. The summed E-state index contributed by atoms with van der Waals surface area (Å²) in [7, 11) is 0. The number of carbonyl (C=O) groups is 1. The number of carbonyl (C=O) groups excluding carboxylic acids is 1. The standard InChI is InChI=1S/C33H41ClFN5O4S/c34-23-5-3-22(4-6-23)33(44)13-16-38(17-14-33)15-1-2-29(41)37-25-7-9-26(10-8-25)40-31(42)28-20-24(35)21-36-30(28)39(32(40)43)27-11-18-45-19-12-27/h3-6,20-21,25-27,44H,1-2,7-19H2,(H,37,41). The summed E-state index contributed by atoms with van der Waals surface area (Å²) in [6, 6.07) is 8.21. The van der Waals surface area contributed by atoms with Gasteiger partial charge in [-0.1, -0.05) is 23.7 Å². The number of aromatic nitrogens is 3. The maximum Gasteiger partial charge on any atom is 0.333 e. The summed E-state index contributed by atoms with van der Waals surface area (Å²) in [4.78, 5) is 46.6. The van der Waals surface area contributed by atoms with Gasteiger partial charge in [0.15, 0.2) is 0 Å². The molecule has 2 aliphatic heterocycles. The summed E-state index contributed by atoms with van der Waals surface area (Å²) in [5.41, 5.74) is -0.529. The molecule has 0 spiro atoms. The molecule has 1 saturated carbocycles. The average molecular weight is 658 g/mol. The monoisotopic (exact) mass is 657 g/mol. The van der Waals surface area contributed by atoms with Crippen molar-refractivity contribution >= 4 is 40.3 Å². The van der Waals surface area contributed by atoms with Crippen LogP contribution >= 0.6 is 23.4 Å². The topological polar surface area (TPSA) is 109 Å². The third-order valence-corrected chi connectivity index (χ3v) is 11.1. The number of nitrogens with one attached hydrogen (secondary N) is 1. The van der Waals surface area contributed by atoms with Crippen molar-refractivity contribution < 1.29 is 14.3 Å². The fourth-order valence-electron chi connectivity index (χ4n) is 7.24. The van der Waals surface area contributed by atoms with E-state index in [9.17, 15) is 23.9 Å². The van der Waals surface area contributed by atoms with E-state index in [1.54, 1.807) is 4.57 Å². The van der Waals surface area contributed by atoms with E-state index >= 15 is 0 Å². The zero-order chi connectivity index (χ0) is 31.6. The van der Waals surface area contributed by atoms with E-state index < -0.39 is 17.0 Å². The smallest absolute Gasteiger partial charge is 0.333 e. The number of likely N-dealkylation sites (tertiary alicyclic amines) is 1. The van der Waals surface area contributed by atoms with Crippen LogP contribution in [-0.2, 0) is 10.4 Å². The van der Waals surface area contributed by atoms with E-state index in [2.05, 4.69) is 15.2 Å². The van der Waals surface area contributed by atoms with Crippen molar-refractivity contribution in [3.63, 3.8) is 0 Å². The van der Waals surface area contributed by atoms with E-state index in [0.29, 0.717) is 50.0 Å². The number of rotatable bonds is 8. The minimum Gasteiger partial charge on any atom is -0.385 e. The van der Waals surface area contributed by atoms with Crippen LogP contribution in [0.4, 0.5) is 4.39 Å². The van der Waals surface area contributed by atoms with Crippen LogP contribution in [0.15, 0.2) is 46.1 Å². The Morgan fingerprint density at radius 3 is 2.38 bits per heavy atom. The van der Waals surface area contributed by atoms with Gasteiger partial charge in [0.2, 0.25) is 5.91 Å². The summed E-state index contributed by atoms with van der Waals surface area (Å²) in [6.45, 7) is 2.33. The molecule has 1 amide bonds. The Labute approximate surface area is 271 Å². The first-order valence-electron chi connectivity index (χ1n) is 16.1. The molecule has 242 valence electrons. The number of benzene rings is 1. The van der Waals surface area contributed by atoms with Crippen LogP contribution in [0.2, 0.25) is 5.02 Å². The highest BCUT2D eigenvalue weighted by Gasteiger charge is 2.34. The molecular weight excluding hydrogens is 617 g/mol. The minimum absolute atomic E-state index is 0.00835. The van der Waals surface area contributed by atoms with E-state index in [0.717, 1.165) is 62.2 Å². The van der Waals surface area contributed by atoms with Crippen LogP contribution in [0.25, 0.3) is 11.0 Å². The molecule has 0 unspecified atom stereocenters. The van der Waals surface area contributed by atoms with Crippen molar-refractivity contribution in [1.82, 2.24) is 24.3 Å². The molecule has 3 fully saturated rings. The molecule has 2 N–H and O–H groups in total. The van der Waals surface area contributed by atoms with Gasteiger partial charge in [0.1, 0.15) is 11.5 Å². The van der Waals surface area contributed by atoms with Gasteiger partial charge < -0.3 is 15.3 Å². The molecule has 1 aromatic carbocycles. The van der Waals surface area contributed by atoms with Crippen molar-refractivity contribution in [3.05, 3.63) is 73.8 Å². The second-order valence-corrected chi connectivity index (χ2v) is 14.4. The molecule has 45 heavy (non-hydrogen) atoms. The van der Waals surface area contributed by atoms with Crippen molar-refractivity contribution in [2.75, 3.05) is 31.1 Å². The number of thioether (sulfide) groups is 1. The number of fused-ring (bicyclic) bond motifs is 1. The Morgan fingerprint density at radius 2 is 1.69 bits per heavy atom. The molecular formula is C33H41ClFN5O4S. The molecule has 0 atom stereocenters. The molecule has 2 saturated heterocycles. The zero-order valence-electron chi connectivity index (χ0n) is 25.4. The van der Waals surface area contributed by atoms with Crippen molar-refractivity contribution in [2.24, 2.45) is 0 Å². The average Bonchev–Trinajstić information content (AvgIpc) is 3.04. The maximum atomic E-state index is 14.2. The fourth-order valence-corrected chi connectivity index (χ4v) is 8.44. The highest BCUT2D eigenvalue weighted by atomic mass is 35.5. The van der Waals surface area contributed by atoms with Gasteiger partial charge >= 0.3 is 5.69 Å². The minimum atomic E-state index is -0.843. The molecule has 4 heterocycles. The number of nitrogens with zero attached hydrogens (tertiary/aromatic N) is 4. The van der Waals surface area contributed by atoms with Gasteiger partial charge in [0.25, 0.3) is 5.56 Å². The summed E-state index contributed by atoms with van der Waals surface area (Å²) in [5.74, 6) is 1.27. The lowest BCUT2D eigenvalue weighted by molar-refractivity contribution is -0.122. The number of piperidine rings is 1. The van der Waals surface area contributed by atoms with Crippen LogP contribution in [0.3, 0.4) is 0 Å². The van der Waals surface area contributed by atoms with Crippen LogP contribution in [0.1, 0.15) is 81.9 Å². The van der Waals surface area contributed by atoms with Gasteiger partial charge in [0.05, 0.1) is 17.2 Å². The lowest BCUT2D eigenvalue weighted by Gasteiger charge is -2.38. The van der Waals surface area contributed by atoms with Crippen molar-refractivity contribution in [2.45, 2.75) is 87.9 Å². The normalized spacial score (nSPS) is 22.8. The number of amides is 1. The first-order chi connectivity index (χ1) is 21.7. The van der Waals surface area contributed by atoms with Crippen LogP contribution < -0.4 is 16.6 Å². The van der Waals surface area contributed by atoms with Gasteiger partial charge in [-0.25, -0.2) is 14.2 Å². The first kappa shape index (κ1) is 32.2. The molecule has 6 rings (SSSR count). The molecule has 0 radical (unpaired) electrons. The van der Waals surface area contributed by atoms with Crippen molar-refractivity contribution in [3.8, 4) is 0 Å². The SMILES string of the molecule is O=C(CCCN1CCC(O)(c2ccc(Cl)cc2)CC1)NC1CCC(n2c(=O)c3cc(F)cnc3n(C3CCSCC3)c2=O)CC1. The number of hydrogen-bond acceptors (Lipinski definition) is 7.